The predicted octanol–water partition coefficient (Wildman–Crippen LogP) is 5.04. The third-order valence-corrected chi connectivity index (χ3v) is 8.03. The number of hydrogen-bond acceptors (Lipinski definition) is 12. The summed E-state index contributed by atoms with van der Waals surface area (Å²) in [5, 5.41) is 15.2. The van der Waals surface area contributed by atoms with Crippen LogP contribution in [0, 0.1) is 10.1 Å². The van der Waals surface area contributed by atoms with Crippen LogP contribution in [0.1, 0.15) is 43.7 Å². The number of carbonyl (C=O) groups is 1. The van der Waals surface area contributed by atoms with Gasteiger partial charge in [0, 0.05) is 49.4 Å². The average molecular weight is 656 g/mol. The Morgan fingerprint density at radius 2 is 1.93 bits per heavy atom. The average Bonchev–Trinajstić information content (AvgIpc) is 3.17. The molecule has 5 rings (SSSR count). The smallest absolute Gasteiger partial charge is 0.343 e. The van der Waals surface area contributed by atoms with Crippen molar-refractivity contribution in [2.24, 2.45) is 0 Å². The van der Waals surface area contributed by atoms with Crippen LogP contribution in [0.25, 0.3) is 0 Å². The lowest BCUT2D eigenvalue weighted by atomic mass is 9.91. The number of nitro groups is 1. The lowest BCUT2D eigenvalue weighted by Gasteiger charge is -2.44. The lowest BCUT2D eigenvalue weighted by Crippen LogP contribution is -2.57. The summed E-state index contributed by atoms with van der Waals surface area (Å²) in [6, 6.07) is 7.16. The van der Waals surface area contributed by atoms with Gasteiger partial charge in [-0.3, -0.25) is 10.1 Å². The second-order valence-electron chi connectivity index (χ2n) is 11.8. The molecule has 13 nitrogen and oxygen atoms in total. The van der Waals surface area contributed by atoms with Gasteiger partial charge in [0.05, 0.1) is 35.2 Å². The van der Waals surface area contributed by atoms with Gasteiger partial charge < -0.3 is 29.5 Å². The summed E-state index contributed by atoms with van der Waals surface area (Å²) >= 11 is 3.46. The zero-order chi connectivity index (χ0) is 31.2. The number of halogens is 1. The molecule has 0 spiro atoms. The fraction of sp³-hybridized carbons (Fsp3) is 0.448. The number of ether oxygens (including phenoxy) is 2. The Morgan fingerprint density at radius 3 is 2.56 bits per heavy atom. The summed E-state index contributed by atoms with van der Waals surface area (Å²) in [4.78, 5) is 44.7. The van der Waals surface area contributed by atoms with Crippen LogP contribution < -0.4 is 19.9 Å². The van der Waals surface area contributed by atoms with Gasteiger partial charge in [0.2, 0.25) is 5.95 Å². The van der Waals surface area contributed by atoms with Crippen LogP contribution in [-0.2, 0) is 10.2 Å². The molecule has 43 heavy (non-hydrogen) atoms. The normalized spacial score (nSPS) is 15.9. The van der Waals surface area contributed by atoms with E-state index in [9.17, 15) is 14.9 Å². The number of hydrogen-bond donors (Lipinski definition) is 1. The molecule has 0 unspecified atom stereocenters. The van der Waals surface area contributed by atoms with Crippen LogP contribution >= 0.6 is 15.9 Å². The van der Waals surface area contributed by atoms with Crippen molar-refractivity contribution in [1.82, 2.24) is 19.9 Å². The molecule has 0 radical (unpaired) electrons. The molecule has 1 aromatic carbocycles. The number of pyridine rings is 1. The Hall–Kier alpha value is -4.04. The van der Waals surface area contributed by atoms with Crippen molar-refractivity contribution in [3.63, 3.8) is 0 Å². The quantitative estimate of drug-likeness (QED) is 0.143. The molecule has 228 valence electrons. The molecule has 14 heteroatoms. The van der Waals surface area contributed by atoms with Gasteiger partial charge >= 0.3 is 5.97 Å². The van der Waals surface area contributed by atoms with E-state index in [1.165, 1.54) is 19.4 Å². The number of nitrogens with one attached hydrogen (secondary N) is 1. The molecular formula is C29H35BrN8O5. The highest BCUT2D eigenvalue weighted by Crippen LogP contribution is 2.45. The molecule has 3 aromatic rings. The Balaban J connectivity index is 1.55. The van der Waals surface area contributed by atoms with E-state index in [2.05, 4.69) is 45.0 Å². The third-order valence-electron chi connectivity index (χ3n) is 7.59. The molecule has 1 saturated heterocycles. The SMILES string of the molecule is COc1cc(N2CC(N(C)C)C2)c([N+](=O)[O-])cc1Nc1ncc(C(=O)OC(C)C)c(N2CC(C)(C)c3nc(Br)ccc32)n1. The molecule has 0 amide bonds. The maximum atomic E-state index is 13.2. The minimum Gasteiger partial charge on any atom is -0.494 e. The second-order valence-corrected chi connectivity index (χ2v) is 12.6. The van der Waals surface area contributed by atoms with Crippen LogP contribution in [0.15, 0.2) is 35.1 Å². The number of esters is 1. The molecule has 2 aromatic heterocycles. The number of aromatic nitrogens is 3. The van der Waals surface area contributed by atoms with E-state index in [1.807, 2.05) is 36.0 Å². The summed E-state index contributed by atoms with van der Waals surface area (Å²) in [7, 11) is 5.48. The van der Waals surface area contributed by atoms with Gasteiger partial charge in [-0.25, -0.2) is 14.8 Å². The van der Waals surface area contributed by atoms with E-state index in [0.717, 1.165) is 11.4 Å². The Labute approximate surface area is 258 Å². The van der Waals surface area contributed by atoms with Crippen LogP contribution in [-0.4, -0.2) is 83.7 Å². The second kappa shape index (κ2) is 11.6. The van der Waals surface area contributed by atoms with Crippen molar-refractivity contribution >= 4 is 56.4 Å². The maximum Gasteiger partial charge on any atom is 0.343 e. The maximum absolute atomic E-state index is 13.2. The van der Waals surface area contributed by atoms with Gasteiger partial charge in [0.25, 0.3) is 5.69 Å². The molecule has 0 saturated carbocycles. The van der Waals surface area contributed by atoms with E-state index in [4.69, 9.17) is 19.4 Å². The van der Waals surface area contributed by atoms with Gasteiger partial charge in [-0.1, -0.05) is 13.8 Å². The number of benzene rings is 1. The minimum absolute atomic E-state index is 0.0651. The molecule has 2 aliphatic heterocycles. The first-order chi connectivity index (χ1) is 20.3. The molecule has 0 aliphatic carbocycles. The summed E-state index contributed by atoms with van der Waals surface area (Å²) in [6.45, 7) is 9.52. The number of fused-ring (bicyclic) bond motifs is 1. The Kier molecular flexibility index (Phi) is 8.18. The van der Waals surface area contributed by atoms with E-state index in [-0.39, 0.29) is 28.7 Å². The summed E-state index contributed by atoms with van der Waals surface area (Å²) < 4.78 is 11.9. The first-order valence-electron chi connectivity index (χ1n) is 13.9. The van der Waals surface area contributed by atoms with Gasteiger partial charge in [-0.15, -0.1) is 0 Å². The van der Waals surface area contributed by atoms with E-state index in [1.54, 1.807) is 19.9 Å². The van der Waals surface area contributed by atoms with Crippen LogP contribution in [0.5, 0.6) is 5.75 Å². The highest BCUT2D eigenvalue weighted by molar-refractivity contribution is 9.10. The van der Waals surface area contributed by atoms with E-state index in [0.29, 0.717) is 53.2 Å². The molecule has 4 heterocycles. The van der Waals surface area contributed by atoms with Crippen molar-refractivity contribution in [2.45, 2.75) is 45.3 Å². The summed E-state index contributed by atoms with van der Waals surface area (Å²) in [6.07, 6.45) is 1.06. The van der Waals surface area contributed by atoms with Crippen molar-refractivity contribution < 1.29 is 19.2 Å². The highest BCUT2D eigenvalue weighted by atomic mass is 79.9. The number of rotatable bonds is 9. The van der Waals surface area contributed by atoms with Crippen molar-refractivity contribution in [3.8, 4) is 5.75 Å². The molecule has 1 N–H and O–H groups in total. The van der Waals surface area contributed by atoms with Gasteiger partial charge in [0.15, 0.2) is 5.82 Å². The predicted molar refractivity (Wildman–Crippen MR) is 167 cm³/mol. The zero-order valence-corrected chi connectivity index (χ0v) is 26.8. The van der Waals surface area contributed by atoms with Crippen molar-refractivity contribution in [3.05, 3.63) is 56.4 Å². The Morgan fingerprint density at radius 1 is 1.21 bits per heavy atom. The minimum atomic E-state index is -0.559. The highest BCUT2D eigenvalue weighted by Gasteiger charge is 2.40. The fourth-order valence-electron chi connectivity index (χ4n) is 5.27. The fourth-order valence-corrected chi connectivity index (χ4v) is 5.58. The van der Waals surface area contributed by atoms with Crippen LogP contribution in [0.3, 0.4) is 0 Å². The van der Waals surface area contributed by atoms with Crippen LogP contribution in [0.2, 0.25) is 0 Å². The van der Waals surface area contributed by atoms with Crippen molar-refractivity contribution in [1.29, 1.82) is 0 Å². The first kappa shape index (κ1) is 30.4. The van der Waals surface area contributed by atoms with Crippen molar-refractivity contribution in [2.75, 3.05) is 56.0 Å². The van der Waals surface area contributed by atoms with Gasteiger partial charge in [-0.2, -0.15) is 4.98 Å². The van der Waals surface area contributed by atoms with Gasteiger partial charge in [0.1, 0.15) is 21.6 Å². The Bertz CT molecular complexity index is 1570. The standard InChI is InChI=1S/C29H35BrN8O5/c1-16(2)43-27(39)18-12-31-28(34-26(18)37-15-29(3,4)25-20(37)8-9-24(30)33-25)32-19-10-22(38(40)41)21(11-23(19)42-7)36-13-17(14-36)35(5)6/h8-12,16-17H,13-15H2,1-7H3,(H,31,32,34). The van der Waals surface area contributed by atoms with Crippen LogP contribution in [0.4, 0.5) is 34.5 Å². The topological polar surface area (TPSA) is 139 Å². The lowest BCUT2D eigenvalue weighted by molar-refractivity contribution is -0.384. The molecule has 1 fully saturated rings. The number of nitrogens with zero attached hydrogens (tertiary/aromatic N) is 7. The van der Waals surface area contributed by atoms with Gasteiger partial charge in [-0.05, 0) is 56.0 Å². The largest absolute Gasteiger partial charge is 0.494 e. The number of nitro benzene ring substituents is 1. The summed E-state index contributed by atoms with van der Waals surface area (Å²) in [5.74, 6) is 0.295. The number of likely N-dealkylation sites (N-methyl/N-ethyl adjacent to an activating group) is 1. The monoisotopic (exact) mass is 654 g/mol. The zero-order valence-electron chi connectivity index (χ0n) is 25.2. The molecule has 0 bridgehead atoms. The van der Waals surface area contributed by atoms with E-state index >= 15 is 0 Å². The molecular weight excluding hydrogens is 620 g/mol. The first-order valence-corrected chi connectivity index (χ1v) is 14.7. The third kappa shape index (κ3) is 5.93. The van der Waals surface area contributed by atoms with E-state index < -0.39 is 10.9 Å². The number of carbonyl (C=O) groups excluding carboxylic acids is 1. The molecule has 0 atom stereocenters. The number of anilines is 5. The molecule has 2 aliphatic rings. The number of methoxy groups -OCH3 is 1. The summed E-state index contributed by atoms with van der Waals surface area (Å²) in [5.41, 5.74) is 2.23.